The molecule has 1 fully saturated rings. The minimum atomic E-state index is 0.360. The summed E-state index contributed by atoms with van der Waals surface area (Å²) in [5.74, 6) is 0.740. The van der Waals surface area contributed by atoms with E-state index in [0.29, 0.717) is 5.54 Å². The Labute approximate surface area is 69.3 Å². The summed E-state index contributed by atoms with van der Waals surface area (Å²) in [6, 6.07) is 0. The quantitative estimate of drug-likeness (QED) is 0.651. The van der Waals surface area contributed by atoms with Gasteiger partial charge in [-0.25, -0.2) is 0 Å². The Bertz CT molecular complexity index is 119. The number of rotatable bonds is 5. The molecule has 1 rings (SSSR count). The summed E-state index contributed by atoms with van der Waals surface area (Å²) in [5.41, 5.74) is 0.360. The van der Waals surface area contributed by atoms with Crippen molar-refractivity contribution in [2.24, 2.45) is 5.92 Å². The minimum absolute atomic E-state index is 0.360. The van der Waals surface area contributed by atoms with Crippen molar-refractivity contribution in [1.82, 2.24) is 5.32 Å². The third-order valence-electron chi connectivity index (χ3n) is 2.16. The zero-order valence-electron chi connectivity index (χ0n) is 7.81. The molecule has 1 aliphatic rings. The number of hydrogen-bond donors (Lipinski definition) is 1. The molecule has 0 aromatic rings. The maximum Gasteiger partial charge on any atom is 0.0644 e. The standard InChI is InChI=1S/C9H19NO/c1-8(2)6-10-9(4-5-9)7-11-3/h8,10H,4-7H2,1-3H3. The largest absolute Gasteiger partial charge is 0.383 e. The molecule has 0 atom stereocenters. The number of methoxy groups -OCH3 is 1. The van der Waals surface area contributed by atoms with Gasteiger partial charge in [0.1, 0.15) is 0 Å². The molecule has 1 saturated carbocycles. The smallest absolute Gasteiger partial charge is 0.0644 e. The van der Waals surface area contributed by atoms with Gasteiger partial charge in [-0.2, -0.15) is 0 Å². The molecule has 2 heteroatoms. The molecule has 1 N–H and O–H groups in total. The summed E-state index contributed by atoms with van der Waals surface area (Å²) < 4.78 is 5.14. The van der Waals surface area contributed by atoms with Crippen molar-refractivity contribution in [2.45, 2.75) is 32.2 Å². The monoisotopic (exact) mass is 157 g/mol. The molecule has 0 heterocycles. The molecule has 0 radical (unpaired) electrons. The maximum atomic E-state index is 5.14. The molecule has 11 heavy (non-hydrogen) atoms. The van der Waals surface area contributed by atoms with E-state index in [2.05, 4.69) is 19.2 Å². The first-order valence-corrected chi connectivity index (χ1v) is 4.42. The van der Waals surface area contributed by atoms with Crippen molar-refractivity contribution in [3.05, 3.63) is 0 Å². The molecule has 0 aromatic heterocycles. The molecule has 66 valence electrons. The Hall–Kier alpha value is -0.0800. The molecule has 1 aliphatic carbocycles. The van der Waals surface area contributed by atoms with Crippen molar-refractivity contribution in [3.63, 3.8) is 0 Å². The molecular formula is C9H19NO. The van der Waals surface area contributed by atoms with Crippen LogP contribution < -0.4 is 5.32 Å². The Morgan fingerprint density at radius 2 is 2.09 bits per heavy atom. The predicted molar refractivity (Wildman–Crippen MR) is 46.7 cm³/mol. The summed E-state index contributed by atoms with van der Waals surface area (Å²) in [6.45, 7) is 6.45. The van der Waals surface area contributed by atoms with Crippen LogP contribution in [0, 0.1) is 5.92 Å². The van der Waals surface area contributed by atoms with Crippen molar-refractivity contribution in [1.29, 1.82) is 0 Å². The highest BCUT2D eigenvalue weighted by Crippen LogP contribution is 2.35. The lowest BCUT2D eigenvalue weighted by molar-refractivity contribution is 0.155. The van der Waals surface area contributed by atoms with Crippen LogP contribution in [0.4, 0.5) is 0 Å². The normalized spacial score (nSPS) is 20.7. The highest BCUT2D eigenvalue weighted by Gasteiger charge is 2.41. The van der Waals surface area contributed by atoms with Crippen molar-refractivity contribution < 1.29 is 4.74 Å². The van der Waals surface area contributed by atoms with Gasteiger partial charge in [-0.1, -0.05) is 13.8 Å². The van der Waals surface area contributed by atoms with E-state index < -0.39 is 0 Å². The van der Waals surface area contributed by atoms with Crippen molar-refractivity contribution in [2.75, 3.05) is 20.3 Å². The van der Waals surface area contributed by atoms with E-state index in [9.17, 15) is 0 Å². The minimum Gasteiger partial charge on any atom is -0.383 e. The highest BCUT2D eigenvalue weighted by molar-refractivity contribution is 5.01. The van der Waals surface area contributed by atoms with Crippen LogP contribution in [0.1, 0.15) is 26.7 Å². The second kappa shape index (κ2) is 3.55. The first kappa shape index (κ1) is 9.01. The van der Waals surface area contributed by atoms with Gasteiger partial charge in [0.25, 0.3) is 0 Å². The van der Waals surface area contributed by atoms with Crippen LogP contribution in [0.2, 0.25) is 0 Å². The lowest BCUT2D eigenvalue weighted by Gasteiger charge is -2.17. The van der Waals surface area contributed by atoms with Gasteiger partial charge in [-0.15, -0.1) is 0 Å². The molecule has 0 saturated heterocycles. The molecular weight excluding hydrogens is 138 g/mol. The molecule has 2 nitrogen and oxygen atoms in total. The summed E-state index contributed by atoms with van der Waals surface area (Å²) in [6.07, 6.45) is 2.57. The summed E-state index contributed by atoms with van der Waals surface area (Å²) in [5, 5.41) is 3.55. The van der Waals surface area contributed by atoms with E-state index >= 15 is 0 Å². The average Bonchev–Trinajstić information content (AvgIpc) is 2.67. The Morgan fingerprint density at radius 3 is 2.45 bits per heavy atom. The first-order valence-electron chi connectivity index (χ1n) is 4.42. The average molecular weight is 157 g/mol. The molecule has 0 unspecified atom stereocenters. The highest BCUT2D eigenvalue weighted by atomic mass is 16.5. The van der Waals surface area contributed by atoms with Gasteiger partial charge in [-0.05, 0) is 25.3 Å². The van der Waals surface area contributed by atoms with Gasteiger partial charge in [0.2, 0.25) is 0 Å². The fourth-order valence-electron chi connectivity index (χ4n) is 1.22. The fourth-order valence-corrected chi connectivity index (χ4v) is 1.22. The van der Waals surface area contributed by atoms with Gasteiger partial charge < -0.3 is 10.1 Å². The van der Waals surface area contributed by atoms with Crippen LogP contribution in [0.25, 0.3) is 0 Å². The van der Waals surface area contributed by atoms with E-state index in [1.165, 1.54) is 12.8 Å². The third-order valence-corrected chi connectivity index (χ3v) is 2.16. The zero-order valence-corrected chi connectivity index (χ0v) is 7.81. The topological polar surface area (TPSA) is 21.3 Å². The zero-order chi connectivity index (χ0) is 8.32. The maximum absolute atomic E-state index is 5.14. The summed E-state index contributed by atoms with van der Waals surface area (Å²) in [4.78, 5) is 0. The number of ether oxygens (including phenoxy) is 1. The van der Waals surface area contributed by atoms with Crippen molar-refractivity contribution in [3.8, 4) is 0 Å². The third kappa shape index (κ3) is 2.80. The van der Waals surface area contributed by atoms with E-state index in [0.717, 1.165) is 19.1 Å². The van der Waals surface area contributed by atoms with Gasteiger partial charge in [-0.3, -0.25) is 0 Å². The Kier molecular flexibility index (Phi) is 2.90. The van der Waals surface area contributed by atoms with Gasteiger partial charge in [0, 0.05) is 12.6 Å². The fraction of sp³-hybridized carbons (Fsp3) is 1.00. The van der Waals surface area contributed by atoms with Crippen LogP contribution >= 0.6 is 0 Å². The number of nitrogens with one attached hydrogen (secondary N) is 1. The number of hydrogen-bond acceptors (Lipinski definition) is 2. The second-order valence-electron chi connectivity index (χ2n) is 3.99. The lowest BCUT2D eigenvalue weighted by atomic mass is 10.2. The summed E-state index contributed by atoms with van der Waals surface area (Å²) in [7, 11) is 1.77. The van der Waals surface area contributed by atoms with Crippen LogP contribution in [0.5, 0.6) is 0 Å². The molecule has 0 bridgehead atoms. The lowest BCUT2D eigenvalue weighted by Crippen LogP contribution is -2.37. The molecule has 0 aromatic carbocycles. The molecule has 0 aliphatic heterocycles. The van der Waals surface area contributed by atoms with Gasteiger partial charge >= 0.3 is 0 Å². The SMILES string of the molecule is COCC1(NCC(C)C)CC1. The van der Waals surface area contributed by atoms with Crippen LogP contribution in [-0.4, -0.2) is 25.8 Å². The van der Waals surface area contributed by atoms with E-state index in [4.69, 9.17) is 4.74 Å². The molecule has 0 amide bonds. The van der Waals surface area contributed by atoms with Crippen LogP contribution in [0.3, 0.4) is 0 Å². The van der Waals surface area contributed by atoms with E-state index in [1.807, 2.05) is 0 Å². The second-order valence-corrected chi connectivity index (χ2v) is 3.99. The first-order chi connectivity index (χ1) is 5.18. The molecule has 0 spiro atoms. The van der Waals surface area contributed by atoms with Crippen LogP contribution in [-0.2, 0) is 4.74 Å². The predicted octanol–water partition coefficient (Wildman–Crippen LogP) is 1.41. The Morgan fingerprint density at radius 1 is 1.45 bits per heavy atom. The van der Waals surface area contributed by atoms with Crippen LogP contribution in [0.15, 0.2) is 0 Å². The van der Waals surface area contributed by atoms with E-state index in [-0.39, 0.29) is 0 Å². The summed E-state index contributed by atoms with van der Waals surface area (Å²) >= 11 is 0. The Balaban J connectivity index is 2.14. The van der Waals surface area contributed by atoms with E-state index in [1.54, 1.807) is 7.11 Å². The van der Waals surface area contributed by atoms with Gasteiger partial charge in [0.05, 0.1) is 6.61 Å². The van der Waals surface area contributed by atoms with Gasteiger partial charge in [0.15, 0.2) is 0 Å². The van der Waals surface area contributed by atoms with Crippen molar-refractivity contribution >= 4 is 0 Å².